The molecule has 106 valence electrons. The molecule has 0 heterocycles. The Kier molecular flexibility index (Phi) is 6.36. The van der Waals surface area contributed by atoms with Gasteiger partial charge in [-0.1, -0.05) is 26.0 Å². The maximum Gasteiger partial charge on any atom is 0.411 e. The topological polar surface area (TPSA) is 41.6 Å². The number of hydrogen-bond donors (Lipinski definition) is 1. The van der Waals surface area contributed by atoms with Gasteiger partial charge >= 0.3 is 6.09 Å². The van der Waals surface area contributed by atoms with Gasteiger partial charge in [0, 0.05) is 12.2 Å². The van der Waals surface area contributed by atoms with Crippen molar-refractivity contribution < 1.29 is 9.53 Å². The first-order chi connectivity index (χ1) is 9.08. The summed E-state index contributed by atoms with van der Waals surface area (Å²) in [5.74, 6) is 0. The molecule has 0 saturated carbocycles. The number of hydrogen-bond acceptors (Lipinski definition) is 3. The molecule has 1 N–H and O–H groups in total. The highest BCUT2D eigenvalue weighted by Gasteiger charge is 2.07. The van der Waals surface area contributed by atoms with Crippen LogP contribution in [0.15, 0.2) is 18.2 Å². The molecule has 1 rings (SSSR count). The van der Waals surface area contributed by atoms with Gasteiger partial charge in [-0.05, 0) is 44.1 Å². The molecule has 0 fully saturated rings. The SMILES string of the molecule is CCN(CC)CCOC(=O)Nc1cccc(C)c1C. The summed E-state index contributed by atoms with van der Waals surface area (Å²) < 4.78 is 5.18. The highest BCUT2D eigenvalue weighted by atomic mass is 16.5. The van der Waals surface area contributed by atoms with Crippen LogP contribution >= 0.6 is 0 Å². The van der Waals surface area contributed by atoms with E-state index in [1.165, 1.54) is 0 Å². The van der Waals surface area contributed by atoms with Crippen molar-refractivity contribution in [1.29, 1.82) is 0 Å². The predicted octanol–water partition coefficient (Wildman–Crippen LogP) is 3.19. The number of rotatable bonds is 6. The minimum absolute atomic E-state index is 0.388. The maximum atomic E-state index is 11.7. The van der Waals surface area contributed by atoms with Gasteiger partial charge < -0.3 is 9.64 Å². The number of anilines is 1. The third-order valence-corrected chi connectivity index (χ3v) is 3.38. The van der Waals surface area contributed by atoms with Gasteiger partial charge in [0.15, 0.2) is 0 Å². The number of ether oxygens (including phenoxy) is 1. The number of aryl methyl sites for hydroxylation is 1. The third kappa shape index (κ3) is 4.91. The Morgan fingerprint density at radius 1 is 1.26 bits per heavy atom. The second-order valence-corrected chi connectivity index (χ2v) is 4.54. The zero-order valence-electron chi connectivity index (χ0n) is 12.3. The predicted molar refractivity (Wildman–Crippen MR) is 78.7 cm³/mol. The molecule has 4 heteroatoms. The fraction of sp³-hybridized carbons (Fsp3) is 0.533. The molecule has 0 aliphatic heterocycles. The van der Waals surface area contributed by atoms with Crippen LogP contribution < -0.4 is 5.32 Å². The molecule has 0 spiro atoms. The molecule has 0 unspecified atom stereocenters. The summed E-state index contributed by atoms with van der Waals surface area (Å²) >= 11 is 0. The lowest BCUT2D eigenvalue weighted by atomic mass is 10.1. The molecule has 0 bridgehead atoms. The molecule has 0 aliphatic carbocycles. The van der Waals surface area contributed by atoms with E-state index in [2.05, 4.69) is 24.1 Å². The Bertz CT molecular complexity index is 415. The summed E-state index contributed by atoms with van der Waals surface area (Å²) in [6.45, 7) is 11.3. The normalized spacial score (nSPS) is 10.6. The van der Waals surface area contributed by atoms with Gasteiger partial charge in [-0.15, -0.1) is 0 Å². The lowest BCUT2D eigenvalue weighted by Gasteiger charge is -2.17. The smallest absolute Gasteiger partial charge is 0.411 e. The van der Waals surface area contributed by atoms with Crippen molar-refractivity contribution in [2.45, 2.75) is 27.7 Å². The van der Waals surface area contributed by atoms with Crippen molar-refractivity contribution in [1.82, 2.24) is 4.90 Å². The van der Waals surface area contributed by atoms with E-state index in [0.717, 1.165) is 36.4 Å². The van der Waals surface area contributed by atoms with Gasteiger partial charge in [0.1, 0.15) is 6.61 Å². The van der Waals surface area contributed by atoms with E-state index in [0.29, 0.717) is 6.61 Å². The van der Waals surface area contributed by atoms with Gasteiger partial charge in [-0.25, -0.2) is 4.79 Å². The third-order valence-electron chi connectivity index (χ3n) is 3.38. The van der Waals surface area contributed by atoms with Crippen molar-refractivity contribution in [2.75, 3.05) is 31.6 Å². The van der Waals surface area contributed by atoms with Crippen LogP contribution in [0, 0.1) is 13.8 Å². The molecule has 0 atom stereocenters. The Hall–Kier alpha value is -1.55. The average molecular weight is 264 g/mol. The van der Waals surface area contributed by atoms with Crippen molar-refractivity contribution in [2.24, 2.45) is 0 Å². The van der Waals surface area contributed by atoms with E-state index in [-0.39, 0.29) is 6.09 Å². The maximum absolute atomic E-state index is 11.7. The summed E-state index contributed by atoms with van der Waals surface area (Å²) in [4.78, 5) is 13.9. The van der Waals surface area contributed by atoms with Gasteiger partial charge in [-0.2, -0.15) is 0 Å². The minimum Gasteiger partial charge on any atom is -0.448 e. The lowest BCUT2D eigenvalue weighted by molar-refractivity contribution is 0.142. The van der Waals surface area contributed by atoms with E-state index in [1.54, 1.807) is 0 Å². The van der Waals surface area contributed by atoms with E-state index in [9.17, 15) is 4.79 Å². The quantitative estimate of drug-likeness (QED) is 0.858. The van der Waals surface area contributed by atoms with Crippen LogP contribution in [0.25, 0.3) is 0 Å². The zero-order valence-corrected chi connectivity index (χ0v) is 12.3. The fourth-order valence-corrected chi connectivity index (χ4v) is 1.84. The second-order valence-electron chi connectivity index (χ2n) is 4.54. The molecule has 1 amide bonds. The summed E-state index contributed by atoms with van der Waals surface area (Å²) in [5, 5.41) is 2.78. The number of nitrogens with one attached hydrogen (secondary N) is 1. The summed E-state index contributed by atoms with van der Waals surface area (Å²) in [7, 11) is 0. The Balaban J connectivity index is 2.41. The molecular formula is C15H24N2O2. The van der Waals surface area contributed by atoms with E-state index in [1.807, 2.05) is 32.0 Å². The number of likely N-dealkylation sites (N-methyl/N-ethyl adjacent to an activating group) is 1. The van der Waals surface area contributed by atoms with Crippen LogP contribution in [0.3, 0.4) is 0 Å². The molecule has 1 aromatic carbocycles. The average Bonchev–Trinajstić information content (AvgIpc) is 2.40. The van der Waals surface area contributed by atoms with Crippen molar-refractivity contribution >= 4 is 11.8 Å². The number of nitrogens with zero attached hydrogens (tertiary/aromatic N) is 1. The Labute approximate surface area is 115 Å². The van der Waals surface area contributed by atoms with Gasteiger partial charge in [-0.3, -0.25) is 5.32 Å². The fourth-order valence-electron chi connectivity index (χ4n) is 1.84. The minimum atomic E-state index is -0.388. The summed E-state index contributed by atoms with van der Waals surface area (Å²) in [6, 6.07) is 5.83. The Morgan fingerprint density at radius 2 is 1.95 bits per heavy atom. The van der Waals surface area contributed by atoms with Crippen LogP contribution in [-0.4, -0.2) is 37.2 Å². The largest absolute Gasteiger partial charge is 0.448 e. The van der Waals surface area contributed by atoms with Crippen molar-refractivity contribution in [3.8, 4) is 0 Å². The van der Waals surface area contributed by atoms with E-state index < -0.39 is 0 Å². The number of benzene rings is 1. The first-order valence-electron chi connectivity index (χ1n) is 6.80. The van der Waals surface area contributed by atoms with Crippen LogP contribution in [0.5, 0.6) is 0 Å². The molecule has 0 saturated heterocycles. The summed E-state index contributed by atoms with van der Waals surface area (Å²) in [6.07, 6.45) is -0.388. The van der Waals surface area contributed by atoms with Crippen LogP contribution in [-0.2, 0) is 4.74 Å². The number of carbonyl (C=O) groups is 1. The molecule has 1 aromatic rings. The second kappa shape index (κ2) is 7.79. The number of amides is 1. The van der Waals surface area contributed by atoms with Gasteiger partial charge in [0.2, 0.25) is 0 Å². The summed E-state index contributed by atoms with van der Waals surface area (Å²) in [5.41, 5.74) is 3.04. The molecule has 19 heavy (non-hydrogen) atoms. The highest BCUT2D eigenvalue weighted by Crippen LogP contribution is 2.17. The lowest BCUT2D eigenvalue weighted by Crippen LogP contribution is -2.28. The van der Waals surface area contributed by atoms with Crippen LogP contribution in [0.1, 0.15) is 25.0 Å². The van der Waals surface area contributed by atoms with Gasteiger partial charge in [0.25, 0.3) is 0 Å². The van der Waals surface area contributed by atoms with Crippen LogP contribution in [0.4, 0.5) is 10.5 Å². The Morgan fingerprint density at radius 3 is 2.58 bits per heavy atom. The van der Waals surface area contributed by atoms with Crippen LogP contribution in [0.2, 0.25) is 0 Å². The zero-order chi connectivity index (χ0) is 14.3. The molecule has 0 radical (unpaired) electrons. The standard InChI is InChI=1S/C15H24N2O2/c1-5-17(6-2)10-11-19-15(18)16-14-9-7-8-12(3)13(14)4/h7-9H,5-6,10-11H2,1-4H3,(H,16,18). The molecule has 0 aliphatic rings. The van der Waals surface area contributed by atoms with E-state index in [4.69, 9.17) is 4.74 Å². The first-order valence-corrected chi connectivity index (χ1v) is 6.80. The monoisotopic (exact) mass is 264 g/mol. The molecular weight excluding hydrogens is 240 g/mol. The molecule has 0 aromatic heterocycles. The number of carbonyl (C=O) groups excluding carboxylic acids is 1. The first kappa shape index (κ1) is 15.5. The van der Waals surface area contributed by atoms with Crippen molar-refractivity contribution in [3.63, 3.8) is 0 Å². The highest BCUT2D eigenvalue weighted by molar-refractivity contribution is 5.85. The molecule has 4 nitrogen and oxygen atoms in total. The van der Waals surface area contributed by atoms with E-state index >= 15 is 0 Å². The van der Waals surface area contributed by atoms with Gasteiger partial charge in [0.05, 0.1) is 0 Å². The van der Waals surface area contributed by atoms with Crippen molar-refractivity contribution in [3.05, 3.63) is 29.3 Å².